The predicted molar refractivity (Wildman–Crippen MR) is 116 cm³/mol. The third-order valence-corrected chi connectivity index (χ3v) is 5.22. The highest BCUT2D eigenvalue weighted by molar-refractivity contribution is 7.84. The van der Waals surface area contributed by atoms with Gasteiger partial charge in [-0.2, -0.15) is 0 Å². The van der Waals surface area contributed by atoms with E-state index in [1.807, 2.05) is 49.5 Å². The van der Waals surface area contributed by atoms with Crippen molar-refractivity contribution in [1.82, 2.24) is 20.9 Å². The Labute approximate surface area is 175 Å². The predicted octanol–water partition coefficient (Wildman–Crippen LogP) is 0.665. The largest absolute Gasteiger partial charge is 0.368 e. The van der Waals surface area contributed by atoms with E-state index in [-0.39, 0.29) is 6.17 Å². The van der Waals surface area contributed by atoms with Crippen LogP contribution in [-0.2, 0) is 16.0 Å². The van der Waals surface area contributed by atoms with Gasteiger partial charge in [0.05, 0.1) is 10.7 Å². The summed E-state index contributed by atoms with van der Waals surface area (Å²) in [5.41, 5.74) is 9.04. The second-order valence-electron chi connectivity index (χ2n) is 6.72. The molecule has 0 radical (unpaired) electrons. The summed E-state index contributed by atoms with van der Waals surface area (Å²) in [7, 11) is 1.74. The number of aliphatic imine (C=N–C) groups is 1. The summed E-state index contributed by atoms with van der Waals surface area (Å²) < 4.78 is 0. The van der Waals surface area contributed by atoms with E-state index >= 15 is 0 Å². The second kappa shape index (κ2) is 8.87. The van der Waals surface area contributed by atoms with Crippen LogP contribution >= 0.6 is 12.6 Å². The number of nitrogens with zero attached hydrogens (tertiary/aromatic N) is 2. The minimum absolute atomic E-state index is 0.0796. The fourth-order valence-corrected chi connectivity index (χ4v) is 3.69. The summed E-state index contributed by atoms with van der Waals surface area (Å²) in [5, 5.41) is 9.82. The van der Waals surface area contributed by atoms with Gasteiger partial charge in [-0.25, -0.2) is 0 Å². The average molecular weight is 413 g/mol. The van der Waals surface area contributed by atoms with Gasteiger partial charge in [0.15, 0.2) is 6.17 Å². The van der Waals surface area contributed by atoms with Crippen molar-refractivity contribution in [3.8, 4) is 0 Å². The van der Waals surface area contributed by atoms with Gasteiger partial charge in [0.1, 0.15) is 11.9 Å². The molecule has 152 valence electrons. The van der Waals surface area contributed by atoms with E-state index in [0.717, 1.165) is 33.4 Å². The summed E-state index contributed by atoms with van der Waals surface area (Å²) in [4.78, 5) is 28.5. The highest BCUT2D eigenvalue weighted by Gasteiger charge is 2.34. The Kier molecular flexibility index (Phi) is 6.28. The zero-order chi connectivity index (χ0) is 21.0. The standard InChI is InChI=1S/C20H24N6O2S/c1-12-10-23-19-18(22-2)25-15(20(29)26(12)19)7-6-13-4-3-5-14(8-13)9-16(17(21)28)24-11-27/h3-8,10-11,16,19,23,29H,9H2,1-2H3,(H2,21,28)(H,22,25)(H,24,27)/b7-6+. The molecule has 3 rings (SSSR count). The molecule has 2 aliphatic rings. The number of fused-ring (bicyclic) bond motifs is 1. The molecule has 2 unspecified atom stereocenters. The molecule has 0 aliphatic carbocycles. The van der Waals surface area contributed by atoms with Crippen LogP contribution < -0.4 is 21.7 Å². The van der Waals surface area contributed by atoms with E-state index in [0.29, 0.717) is 12.8 Å². The third kappa shape index (κ3) is 4.45. The summed E-state index contributed by atoms with van der Waals surface area (Å²) in [6.07, 6.45) is 6.55. The molecule has 2 amide bonds. The molecule has 9 heteroatoms. The Bertz CT molecular complexity index is 937. The molecule has 2 aliphatic heterocycles. The number of carbonyl (C=O) groups excluding carboxylic acids is 2. The number of carbonyl (C=O) groups is 2. The van der Waals surface area contributed by atoms with E-state index < -0.39 is 11.9 Å². The van der Waals surface area contributed by atoms with Gasteiger partial charge in [-0.15, -0.1) is 12.6 Å². The lowest BCUT2D eigenvalue weighted by atomic mass is 10.0. The van der Waals surface area contributed by atoms with Crippen LogP contribution in [0, 0.1) is 0 Å². The molecule has 0 fully saturated rings. The molecule has 2 atom stereocenters. The molecule has 0 aromatic heterocycles. The summed E-state index contributed by atoms with van der Waals surface area (Å²) in [5.74, 6) is 0.228. The molecule has 2 heterocycles. The minimum Gasteiger partial charge on any atom is -0.368 e. The van der Waals surface area contributed by atoms with Crippen molar-refractivity contribution >= 4 is 36.9 Å². The molecule has 0 saturated heterocycles. The van der Waals surface area contributed by atoms with Crippen LogP contribution in [0.4, 0.5) is 0 Å². The first-order valence-corrected chi connectivity index (χ1v) is 9.54. The van der Waals surface area contributed by atoms with Crippen LogP contribution in [0.1, 0.15) is 18.1 Å². The smallest absolute Gasteiger partial charge is 0.240 e. The van der Waals surface area contributed by atoms with Crippen LogP contribution in [-0.4, -0.2) is 42.3 Å². The molecule has 0 bridgehead atoms. The SMILES string of the molecule is CN=C1NC(/C=C/c2cccc(CC(NC=O)C(N)=O)c2)=C(S)N2C(C)=CNC12. The van der Waals surface area contributed by atoms with Gasteiger partial charge in [0.2, 0.25) is 12.3 Å². The van der Waals surface area contributed by atoms with Crippen LogP contribution in [0.15, 0.2) is 58.0 Å². The van der Waals surface area contributed by atoms with Gasteiger partial charge in [-0.05, 0) is 24.1 Å². The normalized spacial score (nSPS) is 20.8. The van der Waals surface area contributed by atoms with Gasteiger partial charge < -0.3 is 26.6 Å². The van der Waals surface area contributed by atoms with Crippen molar-refractivity contribution in [1.29, 1.82) is 0 Å². The maximum absolute atomic E-state index is 11.5. The number of nitrogens with two attached hydrogens (primary N) is 1. The van der Waals surface area contributed by atoms with Crippen molar-refractivity contribution in [3.63, 3.8) is 0 Å². The highest BCUT2D eigenvalue weighted by Crippen LogP contribution is 2.29. The second-order valence-corrected chi connectivity index (χ2v) is 7.14. The van der Waals surface area contributed by atoms with Crippen LogP contribution in [0.2, 0.25) is 0 Å². The van der Waals surface area contributed by atoms with Gasteiger partial charge in [-0.3, -0.25) is 14.6 Å². The quantitative estimate of drug-likeness (QED) is 0.334. The molecule has 0 saturated carbocycles. The van der Waals surface area contributed by atoms with E-state index in [1.54, 1.807) is 7.05 Å². The van der Waals surface area contributed by atoms with Gasteiger partial charge in [0.25, 0.3) is 0 Å². The fraction of sp³-hybridized carbons (Fsp3) is 0.250. The highest BCUT2D eigenvalue weighted by atomic mass is 32.1. The first-order chi connectivity index (χ1) is 13.9. The van der Waals surface area contributed by atoms with Crippen LogP contribution in [0.5, 0.6) is 0 Å². The van der Waals surface area contributed by atoms with Crippen LogP contribution in [0.25, 0.3) is 6.08 Å². The fourth-order valence-electron chi connectivity index (χ4n) is 3.29. The van der Waals surface area contributed by atoms with Crippen molar-refractivity contribution in [2.24, 2.45) is 10.7 Å². The average Bonchev–Trinajstić information content (AvgIpc) is 3.09. The number of allylic oxidation sites excluding steroid dienone is 2. The number of amides is 2. The third-order valence-electron chi connectivity index (χ3n) is 4.77. The van der Waals surface area contributed by atoms with Crippen molar-refractivity contribution in [2.75, 3.05) is 7.05 Å². The number of amidine groups is 1. The van der Waals surface area contributed by atoms with Crippen molar-refractivity contribution in [2.45, 2.75) is 25.6 Å². The molecule has 1 aromatic rings. The Morgan fingerprint density at radius 3 is 2.93 bits per heavy atom. The lowest BCUT2D eigenvalue weighted by molar-refractivity contribution is -0.122. The summed E-state index contributed by atoms with van der Waals surface area (Å²) >= 11 is 4.69. The van der Waals surface area contributed by atoms with Gasteiger partial charge in [0, 0.05) is 25.4 Å². The maximum Gasteiger partial charge on any atom is 0.240 e. The zero-order valence-electron chi connectivity index (χ0n) is 16.2. The van der Waals surface area contributed by atoms with Crippen molar-refractivity contribution < 1.29 is 9.59 Å². The zero-order valence-corrected chi connectivity index (χ0v) is 17.1. The van der Waals surface area contributed by atoms with E-state index in [2.05, 4.69) is 25.8 Å². The number of hydrogen-bond acceptors (Lipinski definition) is 6. The van der Waals surface area contributed by atoms with E-state index in [4.69, 9.17) is 18.4 Å². The number of benzene rings is 1. The molecular formula is C20H24N6O2S. The molecule has 1 aromatic carbocycles. The topological polar surface area (TPSA) is 112 Å². The Morgan fingerprint density at radius 1 is 1.45 bits per heavy atom. The number of primary amides is 1. The first-order valence-electron chi connectivity index (χ1n) is 9.09. The monoisotopic (exact) mass is 412 g/mol. The molecule has 29 heavy (non-hydrogen) atoms. The molecular weight excluding hydrogens is 388 g/mol. The Hall–Kier alpha value is -3.20. The molecule has 8 nitrogen and oxygen atoms in total. The lowest BCUT2D eigenvalue weighted by Gasteiger charge is -2.35. The van der Waals surface area contributed by atoms with E-state index in [1.165, 1.54) is 0 Å². The number of nitrogens with one attached hydrogen (secondary N) is 3. The summed E-state index contributed by atoms with van der Waals surface area (Å²) in [6, 6.07) is 6.94. The first kappa shape index (κ1) is 20.5. The van der Waals surface area contributed by atoms with Crippen molar-refractivity contribution in [3.05, 3.63) is 64.1 Å². The van der Waals surface area contributed by atoms with Crippen LogP contribution in [0.3, 0.4) is 0 Å². The number of hydrogen-bond donors (Lipinski definition) is 5. The minimum atomic E-state index is -0.740. The van der Waals surface area contributed by atoms with Gasteiger partial charge >= 0.3 is 0 Å². The lowest BCUT2D eigenvalue weighted by Crippen LogP contribution is -2.52. The number of thiol groups is 1. The Morgan fingerprint density at radius 2 is 2.24 bits per heavy atom. The van der Waals surface area contributed by atoms with E-state index in [9.17, 15) is 9.59 Å². The van der Waals surface area contributed by atoms with Gasteiger partial charge in [-0.1, -0.05) is 30.3 Å². The Balaban J connectivity index is 1.81. The number of rotatable bonds is 7. The summed E-state index contributed by atoms with van der Waals surface area (Å²) in [6.45, 7) is 2.01. The maximum atomic E-state index is 11.5. The molecule has 0 spiro atoms. The molecule has 5 N–H and O–H groups in total.